The molecule has 0 aliphatic rings. The molecular formula is C11H14BrNOS. The van der Waals surface area contributed by atoms with Crippen LogP contribution >= 0.6 is 27.3 Å². The molecule has 0 aromatic carbocycles. The van der Waals surface area contributed by atoms with E-state index in [1.807, 2.05) is 32.9 Å². The second kappa shape index (κ2) is 5.47. The Morgan fingerprint density at radius 2 is 2.27 bits per heavy atom. The maximum absolute atomic E-state index is 11.6. The molecule has 1 aromatic rings. The summed E-state index contributed by atoms with van der Waals surface area (Å²) in [6, 6.07) is 1.90. The first-order valence-electron chi connectivity index (χ1n) is 4.68. The number of hydrogen-bond acceptors (Lipinski definition) is 2. The Morgan fingerprint density at radius 1 is 1.60 bits per heavy atom. The highest BCUT2D eigenvalue weighted by Crippen LogP contribution is 2.27. The van der Waals surface area contributed by atoms with Crippen LogP contribution in [0, 0.1) is 6.92 Å². The molecule has 0 aliphatic carbocycles. The van der Waals surface area contributed by atoms with E-state index < -0.39 is 0 Å². The third-order valence-electron chi connectivity index (χ3n) is 1.85. The van der Waals surface area contributed by atoms with Gasteiger partial charge in [-0.15, -0.1) is 11.3 Å². The Labute approximate surface area is 103 Å². The standard InChI is InChI=1S/C11H14BrNOS/c1-7(2)4-5-13-11(14)9-6-8(3)10(12)15-9/h4,6H,5H2,1-3H3,(H,13,14). The van der Waals surface area contributed by atoms with Crippen LogP contribution in [0.4, 0.5) is 0 Å². The maximum Gasteiger partial charge on any atom is 0.261 e. The number of amides is 1. The lowest BCUT2D eigenvalue weighted by Crippen LogP contribution is -2.22. The summed E-state index contributed by atoms with van der Waals surface area (Å²) < 4.78 is 1.02. The first kappa shape index (κ1) is 12.5. The summed E-state index contributed by atoms with van der Waals surface area (Å²) in [7, 11) is 0. The molecule has 0 unspecified atom stereocenters. The van der Waals surface area contributed by atoms with Crippen molar-refractivity contribution in [2.24, 2.45) is 0 Å². The monoisotopic (exact) mass is 287 g/mol. The van der Waals surface area contributed by atoms with Crippen molar-refractivity contribution in [1.82, 2.24) is 5.32 Å². The van der Waals surface area contributed by atoms with E-state index in [1.165, 1.54) is 16.9 Å². The van der Waals surface area contributed by atoms with Gasteiger partial charge >= 0.3 is 0 Å². The van der Waals surface area contributed by atoms with E-state index in [4.69, 9.17) is 0 Å². The van der Waals surface area contributed by atoms with Crippen molar-refractivity contribution in [3.8, 4) is 0 Å². The third kappa shape index (κ3) is 3.80. The lowest BCUT2D eigenvalue weighted by molar-refractivity contribution is 0.0962. The first-order valence-corrected chi connectivity index (χ1v) is 6.29. The molecule has 82 valence electrons. The number of thiophene rings is 1. The number of rotatable bonds is 3. The molecule has 1 rings (SSSR count). The predicted octanol–water partition coefficient (Wildman–Crippen LogP) is 3.52. The molecule has 1 N–H and O–H groups in total. The van der Waals surface area contributed by atoms with Crippen LogP contribution < -0.4 is 5.32 Å². The van der Waals surface area contributed by atoms with E-state index in [-0.39, 0.29) is 5.91 Å². The minimum atomic E-state index is -0.00806. The summed E-state index contributed by atoms with van der Waals surface area (Å²) in [6.07, 6.45) is 1.99. The van der Waals surface area contributed by atoms with Crippen LogP contribution in [0.25, 0.3) is 0 Å². The Hall–Kier alpha value is -0.610. The molecule has 1 amide bonds. The van der Waals surface area contributed by atoms with Crippen molar-refractivity contribution >= 4 is 33.2 Å². The topological polar surface area (TPSA) is 29.1 Å². The Bertz CT molecular complexity index is 372. The Morgan fingerprint density at radius 3 is 2.73 bits per heavy atom. The molecule has 0 radical (unpaired) electrons. The van der Waals surface area contributed by atoms with Crippen LogP contribution in [0.15, 0.2) is 21.5 Å². The van der Waals surface area contributed by atoms with Crippen molar-refractivity contribution in [3.63, 3.8) is 0 Å². The average Bonchev–Trinajstić information content (AvgIpc) is 2.46. The minimum absolute atomic E-state index is 0.00806. The van der Waals surface area contributed by atoms with E-state index in [0.717, 1.165) is 14.2 Å². The molecular weight excluding hydrogens is 274 g/mol. The van der Waals surface area contributed by atoms with Gasteiger partial charge in [-0.1, -0.05) is 11.6 Å². The molecule has 0 aliphatic heterocycles. The van der Waals surface area contributed by atoms with E-state index in [0.29, 0.717) is 6.54 Å². The van der Waals surface area contributed by atoms with Gasteiger partial charge in [-0.25, -0.2) is 0 Å². The smallest absolute Gasteiger partial charge is 0.261 e. The Kier molecular flexibility index (Phi) is 4.54. The Balaban J connectivity index is 2.58. The van der Waals surface area contributed by atoms with Gasteiger partial charge in [0, 0.05) is 6.54 Å². The highest BCUT2D eigenvalue weighted by molar-refractivity contribution is 9.11. The summed E-state index contributed by atoms with van der Waals surface area (Å²) in [5, 5.41) is 2.85. The maximum atomic E-state index is 11.6. The van der Waals surface area contributed by atoms with Crippen LogP contribution in [-0.4, -0.2) is 12.5 Å². The third-order valence-corrected chi connectivity index (χ3v) is 3.99. The summed E-state index contributed by atoms with van der Waals surface area (Å²) in [6.45, 7) is 6.60. The lowest BCUT2D eigenvalue weighted by Gasteiger charge is -1.99. The molecule has 1 aromatic heterocycles. The fourth-order valence-electron chi connectivity index (χ4n) is 1.01. The second-order valence-electron chi connectivity index (χ2n) is 3.56. The summed E-state index contributed by atoms with van der Waals surface area (Å²) in [5.74, 6) is -0.00806. The van der Waals surface area contributed by atoms with Crippen molar-refractivity contribution in [3.05, 3.63) is 31.9 Å². The van der Waals surface area contributed by atoms with Crippen molar-refractivity contribution < 1.29 is 4.79 Å². The minimum Gasteiger partial charge on any atom is -0.348 e. The van der Waals surface area contributed by atoms with Gasteiger partial charge in [-0.2, -0.15) is 0 Å². The van der Waals surface area contributed by atoms with E-state index in [9.17, 15) is 4.79 Å². The number of allylic oxidation sites excluding steroid dienone is 1. The largest absolute Gasteiger partial charge is 0.348 e. The molecule has 15 heavy (non-hydrogen) atoms. The normalized spacial score (nSPS) is 9.87. The van der Waals surface area contributed by atoms with E-state index in [2.05, 4.69) is 21.2 Å². The molecule has 2 nitrogen and oxygen atoms in total. The molecule has 0 fully saturated rings. The zero-order chi connectivity index (χ0) is 11.4. The number of aryl methyl sites for hydroxylation is 1. The fraction of sp³-hybridized carbons (Fsp3) is 0.364. The molecule has 0 bridgehead atoms. The summed E-state index contributed by atoms with van der Waals surface area (Å²) >= 11 is 4.87. The van der Waals surface area contributed by atoms with Gasteiger partial charge < -0.3 is 5.32 Å². The van der Waals surface area contributed by atoms with Gasteiger partial charge in [0.05, 0.1) is 8.66 Å². The van der Waals surface area contributed by atoms with Crippen LogP contribution in [0.5, 0.6) is 0 Å². The highest BCUT2D eigenvalue weighted by atomic mass is 79.9. The van der Waals surface area contributed by atoms with Crippen molar-refractivity contribution in [2.45, 2.75) is 20.8 Å². The second-order valence-corrected chi connectivity index (χ2v) is 5.93. The van der Waals surface area contributed by atoms with Crippen molar-refractivity contribution in [1.29, 1.82) is 0 Å². The zero-order valence-electron chi connectivity index (χ0n) is 9.06. The van der Waals surface area contributed by atoms with Crippen LogP contribution in [0.1, 0.15) is 29.1 Å². The van der Waals surface area contributed by atoms with Gasteiger partial charge in [0.15, 0.2) is 0 Å². The van der Waals surface area contributed by atoms with Crippen LogP contribution in [0.3, 0.4) is 0 Å². The van der Waals surface area contributed by atoms with Gasteiger partial charge in [-0.3, -0.25) is 4.79 Å². The SMILES string of the molecule is CC(C)=CCNC(=O)c1cc(C)c(Br)s1. The van der Waals surface area contributed by atoms with E-state index in [1.54, 1.807) is 0 Å². The molecule has 0 saturated heterocycles. The number of nitrogens with one attached hydrogen (secondary N) is 1. The molecule has 0 spiro atoms. The first-order chi connectivity index (χ1) is 7.00. The van der Waals surface area contributed by atoms with Crippen LogP contribution in [0.2, 0.25) is 0 Å². The van der Waals surface area contributed by atoms with E-state index >= 15 is 0 Å². The number of carbonyl (C=O) groups excluding carboxylic acids is 1. The molecule has 0 atom stereocenters. The molecule has 4 heteroatoms. The predicted molar refractivity (Wildman–Crippen MR) is 68.5 cm³/mol. The summed E-state index contributed by atoms with van der Waals surface area (Å²) in [4.78, 5) is 12.4. The van der Waals surface area contributed by atoms with Gasteiger partial charge in [0.1, 0.15) is 0 Å². The fourth-order valence-corrected chi connectivity index (χ4v) is 2.46. The average molecular weight is 288 g/mol. The highest BCUT2D eigenvalue weighted by Gasteiger charge is 2.09. The van der Waals surface area contributed by atoms with Gasteiger partial charge in [-0.05, 0) is 48.3 Å². The van der Waals surface area contributed by atoms with Gasteiger partial charge in [0.2, 0.25) is 0 Å². The van der Waals surface area contributed by atoms with Crippen molar-refractivity contribution in [2.75, 3.05) is 6.54 Å². The molecule has 1 heterocycles. The quantitative estimate of drug-likeness (QED) is 0.847. The van der Waals surface area contributed by atoms with Crippen LogP contribution in [-0.2, 0) is 0 Å². The molecule has 0 saturated carbocycles. The lowest BCUT2D eigenvalue weighted by atomic mass is 10.3. The number of hydrogen-bond donors (Lipinski definition) is 1. The summed E-state index contributed by atoms with van der Waals surface area (Å²) in [5.41, 5.74) is 2.31. The number of halogens is 1. The number of carbonyl (C=O) groups is 1. The van der Waals surface area contributed by atoms with Gasteiger partial charge in [0.25, 0.3) is 5.91 Å². The zero-order valence-corrected chi connectivity index (χ0v) is 11.5.